The number of hydrogen-bond acceptors (Lipinski definition) is 8. The third-order valence-corrected chi connectivity index (χ3v) is 1.96. The van der Waals surface area contributed by atoms with E-state index in [1.807, 2.05) is 0 Å². The van der Waals surface area contributed by atoms with Gasteiger partial charge < -0.3 is 40.9 Å². The summed E-state index contributed by atoms with van der Waals surface area (Å²) in [7, 11) is 0. The van der Waals surface area contributed by atoms with E-state index >= 15 is 0 Å². The van der Waals surface area contributed by atoms with Crippen LogP contribution < -0.4 is 0 Å². The van der Waals surface area contributed by atoms with Crippen LogP contribution >= 0.6 is 0 Å². The molecule has 0 amide bonds. The average molecular weight is 412 g/mol. The number of aliphatic carboxylic acids is 7. The van der Waals surface area contributed by atoms with E-state index in [0.29, 0.717) is 12.2 Å². The smallest absolute Gasteiger partial charge is 0.336 e. The Morgan fingerprint density at radius 3 is 0.964 bits per heavy atom. The largest absolute Gasteiger partial charge is 0.481 e. The van der Waals surface area contributed by atoms with Crippen molar-refractivity contribution < 1.29 is 74.4 Å². The summed E-state index contributed by atoms with van der Waals surface area (Å²) in [6, 6.07) is 0. The second kappa shape index (κ2) is 14.2. The first-order valence-electron chi connectivity index (χ1n) is 6.50. The summed E-state index contributed by atoms with van der Waals surface area (Å²) in [5.74, 6) is -10.2. The summed E-state index contributed by atoms with van der Waals surface area (Å²) < 4.78 is 0. The molecule has 15 heteroatoms. The Hall–Kier alpha value is -4.01. The molecule has 0 radical (unpaired) electrons. The topological polar surface area (TPSA) is 281 Å². The molecule has 0 aromatic heterocycles. The van der Waals surface area contributed by atoms with Gasteiger partial charge >= 0.3 is 41.8 Å². The van der Waals surface area contributed by atoms with Crippen LogP contribution in [0.4, 0.5) is 0 Å². The van der Waals surface area contributed by atoms with E-state index < -0.39 is 66.6 Å². The summed E-state index contributed by atoms with van der Waals surface area (Å²) in [5.41, 5.74) is -2.74. The number of aliphatic hydroxyl groups is 1. The molecule has 158 valence electrons. The van der Waals surface area contributed by atoms with Crippen molar-refractivity contribution in [2.24, 2.45) is 0 Å². The first kappa shape index (κ1) is 28.8. The van der Waals surface area contributed by atoms with Crippen molar-refractivity contribution in [1.29, 1.82) is 0 Å². The predicted octanol–water partition coefficient (Wildman–Crippen LogP) is -1.99. The van der Waals surface area contributed by atoms with Crippen molar-refractivity contribution in [3.05, 3.63) is 12.2 Å². The van der Waals surface area contributed by atoms with Crippen molar-refractivity contribution in [1.82, 2.24) is 0 Å². The van der Waals surface area contributed by atoms with Gasteiger partial charge in [-0.25, -0.2) is 14.4 Å². The zero-order valence-electron chi connectivity index (χ0n) is 13.7. The zero-order chi connectivity index (χ0) is 23.1. The third kappa shape index (κ3) is 22.0. The Kier molecular flexibility index (Phi) is 14.6. The number of carboxylic acids is 7. The highest BCUT2D eigenvalue weighted by atomic mass is 16.4. The number of carboxylic acid groups (broad SMARTS) is 7. The van der Waals surface area contributed by atoms with Crippen LogP contribution in [0.2, 0.25) is 0 Å². The molecule has 0 fully saturated rings. The van der Waals surface area contributed by atoms with Gasteiger partial charge in [-0.2, -0.15) is 0 Å². The van der Waals surface area contributed by atoms with E-state index in [0.717, 1.165) is 0 Å². The van der Waals surface area contributed by atoms with E-state index in [1.54, 1.807) is 0 Å². The molecule has 8 N–H and O–H groups in total. The number of carbonyl (C=O) groups is 7. The lowest BCUT2D eigenvalue weighted by Crippen LogP contribution is -2.42. The van der Waals surface area contributed by atoms with Crippen LogP contribution in [0, 0.1) is 0 Å². The van der Waals surface area contributed by atoms with E-state index in [2.05, 4.69) is 0 Å². The second-order valence-electron chi connectivity index (χ2n) is 4.45. The molecule has 28 heavy (non-hydrogen) atoms. The Balaban J connectivity index is -0.000000359. The fourth-order valence-corrected chi connectivity index (χ4v) is 0.986. The maximum Gasteiger partial charge on any atom is 0.336 e. The van der Waals surface area contributed by atoms with Crippen molar-refractivity contribution >= 4 is 41.8 Å². The molecule has 0 rings (SSSR count). The third-order valence-electron chi connectivity index (χ3n) is 1.96. The second-order valence-corrected chi connectivity index (χ2v) is 4.45. The normalized spacial score (nSPS) is 9.75. The van der Waals surface area contributed by atoms with Crippen LogP contribution in [-0.2, 0) is 33.6 Å². The minimum atomic E-state index is -2.74. The molecule has 0 aliphatic heterocycles. The van der Waals surface area contributed by atoms with Crippen LogP contribution in [0.25, 0.3) is 0 Å². The summed E-state index contributed by atoms with van der Waals surface area (Å²) >= 11 is 0. The van der Waals surface area contributed by atoms with Crippen molar-refractivity contribution in [3.63, 3.8) is 0 Å². The Morgan fingerprint density at radius 1 is 0.571 bits per heavy atom. The summed E-state index contributed by atoms with van der Waals surface area (Å²) in [4.78, 5) is 68.4. The van der Waals surface area contributed by atoms with Crippen LogP contribution in [0.15, 0.2) is 12.2 Å². The molecular weight excluding hydrogens is 396 g/mol. The van der Waals surface area contributed by atoms with Crippen LogP contribution in [0.5, 0.6) is 0 Å². The lowest BCUT2D eigenvalue weighted by atomic mass is 9.96. The average Bonchev–Trinajstić information content (AvgIpc) is 2.42. The molecular formula is C13H16O15. The molecule has 0 aliphatic carbocycles. The van der Waals surface area contributed by atoms with Gasteiger partial charge in [0.25, 0.3) is 0 Å². The van der Waals surface area contributed by atoms with Crippen LogP contribution in [-0.4, -0.2) is 88.2 Å². The molecule has 0 aromatic rings. The molecule has 0 unspecified atom stereocenters. The standard InChI is InChI=1S/C6H8O7.C4H4O4.C3H4O4/c7-3(8)1-6(13,5(11)12)2-4(9)10;5-3(6)1-2-4(7)8;4-2(5)1-3(6)7/h13H,1-2H2,(H,7,8)(H,9,10)(H,11,12);1-2H,(H,5,6)(H,7,8);1H2,(H,4,5)(H,6,7)/b;2-1-;. The van der Waals surface area contributed by atoms with Gasteiger partial charge in [-0.05, 0) is 0 Å². The SMILES string of the molecule is O=C(O)/C=C\C(=O)O.O=C(O)CC(=O)O.O=C(O)CC(O)(CC(=O)O)C(=O)O. The van der Waals surface area contributed by atoms with Gasteiger partial charge in [0.05, 0.1) is 12.8 Å². The predicted molar refractivity (Wildman–Crippen MR) is 81.4 cm³/mol. The maximum atomic E-state index is 10.3. The summed E-state index contributed by atoms with van der Waals surface area (Å²) in [5, 5.41) is 64.8. The Labute approximate surface area is 154 Å². The van der Waals surface area contributed by atoms with E-state index in [4.69, 9.17) is 40.9 Å². The zero-order valence-corrected chi connectivity index (χ0v) is 13.7. The summed E-state index contributed by atoms with van der Waals surface area (Å²) in [6.07, 6.45) is -1.98. The van der Waals surface area contributed by atoms with Crippen LogP contribution in [0.1, 0.15) is 19.3 Å². The first-order chi connectivity index (χ1) is 12.5. The fourth-order valence-electron chi connectivity index (χ4n) is 0.986. The lowest BCUT2D eigenvalue weighted by molar-refractivity contribution is -0.170. The molecule has 0 spiro atoms. The van der Waals surface area contributed by atoms with Crippen molar-refractivity contribution in [2.75, 3.05) is 0 Å². The quantitative estimate of drug-likeness (QED) is 0.150. The minimum absolute atomic E-state index is 0.558. The van der Waals surface area contributed by atoms with Gasteiger partial charge in [0, 0.05) is 12.2 Å². The lowest BCUT2D eigenvalue weighted by Gasteiger charge is -2.18. The van der Waals surface area contributed by atoms with Crippen LogP contribution in [0.3, 0.4) is 0 Å². The first-order valence-corrected chi connectivity index (χ1v) is 6.50. The molecule has 0 saturated carbocycles. The highest BCUT2D eigenvalue weighted by Crippen LogP contribution is 2.15. The van der Waals surface area contributed by atoms with Gasteiger partial charge in [-0.3, -0.25) is 19.2 Å². The van der Waals surface area contributed by atoms with Crippen molar-refractivity contribution in [3.8, 4) is 0 Å². The molecule has 0 heterocycles. The van der Waals surface area contributed by atoms with Gasteiger partial charge in [0.2, 0.25) is 0 Å². The number of rotatable bonds is 9. The van der Waals surface area contributed by atoms with Gasteiger partial charge in [-0.1, -0.05) is 0 Å². The highest BCUT2D eigenvalue weighted by molar-refractivity contribution is 5.90. The molecule has 0 aromatic carbocycles. The van der Waals surface area contributed by atoms with Gasteiger partial charge in [0.15, 0.2) is 5.60 Å². The van der Waals surface area contributed by atoms with E-state index in [1.165, 1.54) is 0 Å². The molecule has 0 bridgehead atoms. The molecule has 0 saturated heterocycles. The Bertz CT molecular complexity index is 600. The number of hydrogen-bond donors (Lipinski definition) is 8. The van der Waals surface area contributed by atoms with Gasteiger partial charge in [0.1, 0.15) is 6.42 Å². The van der Waals surface area contributed by atoms with Crippen molar-refractivity contribution in [2.45, 2.75) is 24.9 Å². The molecule has 0 aliphatic rings. The highest BCUT2D eigenvalue weighted by Gasteiger charge is 2.40. The van der Waals surface area contributed by atoms with Gasteiger partial charge in [-0.15, -0.1) is 0 Å². The monoisotopic (exact) mass is 412 g/mol. The maximum absolute atomic E-state index is 10.3. The Morgan fingerprint density at radius 2 is 0.857 bits per heavy atom. The fraction of sp³-hybridized carbons (Fsp3) is 0.308. The minimum Gasteiger partial charge on any atom is -0.481 e. The van der Waals surface area contributed by atoms with E-state index in [9.17, 15) is 33.6 Å². The summed E-state index contributed by atoms with van der Waals surface area (Å²) in [6.45, 7) is 0. The molecule has 0 atom stereocenters. The van der Waals surface area contributed by atoms with E-state index in [-0.39, 0.29) is 0 Å². The molecule has 15 nitrogen and oxygen atoms in total.